The second kappa shape index (κ2) is 6.30. The predicted octanol–water partition coefficient (Wildman–Crippen LogP) is 3.26. The van der Waals surface area contributed by atoms with Gasteiger partial charge < -0.3 is 4.98 Å². The summed E-state index contributed by atoms with van der Waals surface area (Å²) >= 11 is 0. The number of halogens is 1. The molecule has 1 heterocycles. The lowest BCUT2D eigenvalue weighted by Crippen LogP contribution is -2.26. The first kappa shape index (κ1) is 15.4. The van der Waals surface area contributed by atoms with E-state index < -0.39 is 0 Å². The van der Waals surface area contributed by atoms with Crippen molar-refractivity contribution in [2.75, 3.05) is 7.05 Å². The molecule has 1 N–H and O–H groups in total. The van der Waals surface area contributed by atoms with Crippen molar-refractivity contribution < 1.29 is 4.39 Å². The highest BCUT2D eigenvalue weighted by Crippen LogP contribution is 2.18. The van der Waals surface area contributed by atoms with Crippen molar-refractivity contribution in [1.82, 2.24) is 14.9 Å². The average molecular weight is 311 g/mol. The molecule has 23 heavy (non-hydrogen) atoms. The van der Waals surface area contributed by atoms with Gasteiger partial charge >= 0.3 is 0 Å². The fraction of sp³-hybridized carbons (Fsp3) is 0.222. The number of benzene rings is 2. The Kier molecular flexibility index (Phi) is 4.21. The van der Waals surface area contributed by atoms with Crippen LogP contribution >= 0.6 is 0 Å². The van der Waals surface area contributed by atoms with Crippen LogP contribution in [0.2, 0.25) is 0 Å². The van der Waals surface area contributed by atoms with Crippen molar-refractivity contribution in [2.45, 2.75) is 19.5 Å². The van der Waals surface area contributed by atoms with Crippen LogP contribution in [-0.4, -0.2) is 21.9 Å². The minimum Gasteiger partial charge on any atom is -0.309 e. The molecule has 1 unspecified atom stereocenters. The van der Waals surface area contributed by atoms with E-state index in [2.05, 4.69) is 9.97 Å². The molecule has 0 saturated carbocycles. The first-order valence-electron chi connectivity index (χ1n) is 7.48. The molecule has 0 fully saturated rings. The minimum atomic E-state index is -0.249. The third-order valence-corrected chi connectivity index (χ3v) is 4.01. The molecule has 3 aromatic rings. The third kappa shape index (κ3) is 3.29. The number of fused-ring (bicyclic) bond motifs is 1. The van der Waals surface area contributed by atoms with Gasteiger partial charge in [0.1, 0.15) is 11.6 Å². The lowest BCUT2D eigenvalue weighted by Gasteiger charge is -2.24. The van der Waals surface area contributed by atoms with E-state index in [9.17, 15) is 9.18 Å². The Labute approximate surface area is 133 Å². The molecule has 4 nitrogen and oxygen atoms in total. The zero-order chi connectivity index (χ0) is 16.4. The van der Waals surface area contributed by atoms with Crippen molar-refractivity contribution in [2.24, 2.45) is 0 Å². The van der Waals surface area contributed by atoms with E-state index in [-0.39, 0.29) is 17.4 Å². The second-order valence-electron chi connectivity index (χ2n) is 5.69. The fourth-order valence-electron chi connectivity index (χ4n) is 2.57. The van der Waals surface area contributed by atoms with E-state index in [1.807, 2.05) is 43.1 Å². The Hall–Kier alpha value is -2.53. The van der Waals surface area contributed by atoms with Gasteiger partial charge in [-0.1, -0.05) is 24.3 Å². The van der Waals surface area contributed by atoms with Gasteiger partial charge in [0.15, 0.2) is 0 Å². The standard InChI is InChI=1S/C18H18FN3O/c1-12(22(2)11-13-6-5-7-14(19)10-13)17-20-16-9-4-3-8-15(16)18(23)21-17/h3-10,12H,11H2,1-2H3,(H,20,21,23). The summed E-state index contributed by atoms with van der Waals surface area (Å²) < 4.78 is 13.3. The highest BCUT2D eigenvalue weighted by molar-refractivity contribution is 5.77. The van der Waals surface area contributed by atoms with Gasteiger partial charge in [-0.2, -0.15) is 0 Å². The maximum Gasteiger partial charge on any atom is 0.258 e. The Bertz CT molecular complexity index is 891. The maximum absolute atomic E-state index is 13.3. The van der Waals surface area contributed by atoms with E-state index in [1.165, 1.54) is 12.1 Å². The monoisotopic (exact) mass is 311 g/mol. The second-order valence-corrected chi connectivity index (χ2v) is 5.69. The van der Waals surface area contributed by atoms with E-state index >= 15 is 0 Å². The van der Waals surface area contributed by atoms with Crippen LogP contribution in [0.3, 0.4) is 0 Å². The largest absolute Gasteiger partial charge is 0.309 e. The molecule has 0 spiro atoms. The molecular formula is C18H18FN3O. The number of nitrogens with one attached hydrogen (secondary N) is 1. The fourth-order valence-corrected chi connectivity index (χ4v) is 2.57. The number of aromatic amines is 1. The number of H-pyrrole nitrogens is 1. The Balaban J connectivity index is 1.87. The van der Waals surface area contributed by atoms with Crippen molar-refractivity contribution in [3.05, 3.63) is 76.1 Å². The summed E-state index contributed by atoms with van der Waals surface area (Å²) in [5, 5.41) is 0.580. The molecule has 1 atom stereocenters. The van der Waals surface area contributed by atoms with Crippen LogP contribution < -0.4 is 5.56 Å². The summed E-state index contributed by atoms with van der Waals surface area (Å²) in [5.41, 5.74) is 1.41. The summed E-state index contributed by atoms with van der Waals surface area (Å²) in [6.07, 6.45) is 0. The van der Waals surface area contributed by atoms with Crippen molar-refractivity contribution >= 4 is 10.9 Å². The highest BCUT2D eigenvalue weighted by atomic mass is 19.1. The van der Waals surface area contributed by atoms with Crippen LogP contribution in [-0.2, 0) is 6.54 Å². The van der Waals surface area contributed by atoms with Crippen LogP contribution in [0.5, 0.6) is 0 Å². The van der Waals surface area contributed by atoms with Crippen molar-refractivity contribution in [3.8, 4) is 0 Å². The number of nitrogens with zero attached hydrogens (tertiary/aromatic N) is 2. The number of hydrogen-bond donors (Lipinski definition) is 1. The number of para-hydroxylation sites is 1. The van der Waals surface area contributed by atoms with E-state index in [1.54, 1.807) is 12.1 Å². The van der Waals surface area contributed by atoms with E-state index in [4.69, 9.17) is 0 Å². The summed E-state index contributed by atoms with van der Waals surface area (Å²) in [6.45, 7) is 2.53. The molecule has 0 aliphatic carbocycles. The van der Waals surface area contributed by atoms with Crippen LogP contribution in [0.15, 0.2) is 53.3 Å². The van der Waals surface area contributed by atoms with Gasteiger partial charge in [-0.3, -0.25) is 9.69 Å². The van der Waals surface area contributed by atoms with Gasteiger partial charge in [0.2, 0.25) is 0 Å². The van der Waals surface area contributed by atoms with Crippen LogP contribution in [0.4, 0.5) is 4.39 Å². The molecule has 0 amide bonds. The topological polar surface area (TPSA) is 49.0 Å². The molecule has 0 radical (unpaired) electrons. The van der Waals surface area contributed by atoms with Gasteiger partial charge in [-0.25, -0.2) is 9.37 Å². The predicted molar refractivity (Wildman–Crippen MR) is 88.6 cm³/mol. The molecule has 1 aromatic heterocycles. The van der Waals surface area contributed by atoms with Crippen LogP contribution in [0, 0.1) is 5.82 Å². The average Bonchev–Trinajstić information content (AvgIpc) is 2.54. The van der Waals surface area contributed by atoms with E-state index in [0.717, 1.165) is 5.56 Å². The molecule has 0 bridgehead atoms. The molecular weight excluding hydrogens is 293 g/mol. The van der Waals surface area contributed by atoms with Gasteiger partial charge in [-0.15, -0.1) is 0 Å². The highest BCUT2D eigenvalue weighted by Gasteiger charge is 2.16. The van der Waals surface area contributed by atoms with Gasteiger partial charge in [0, 0.05) is 6.54 Å². The molecule has 3 rings (SSSR count). The lowest BCUT2D eigenvalue weighted by molar-refractivity contribution is 0.243. The quantitative estimate of drug-likeness (QED) is 0.804. The first-order valence-corrected chi connectivity index (χ1v) is 7.48. The molecule has 0 saturated heterocycles. The molecule has 2 aromatic carbocycles. The Morgan fingerprint density at radius 2 is 2.00 bits per heavy atom. The summed E-state index contributed by atoms with van der Waals surface area (Å²) in [4.78, 5) is 21.6. The number of aromatic nitrogens is 2. The number of rotatable bonds is 4. The third-order valence-electron chi connectivity index (χ3n) is 4.01. The lowest BCUT2D eigenvalue weighted by atomic mass is 10.1. The summed E-state index contributed by atoms with van der Waals surface area (Å²) in [5.74, 6) is 0.355. The van der Waals surface area contributed by atoms with Gasteiger partial charge in [0.25, 0.3) is 5.56 Å². The maximum atomic E-state index is 13.3. The molecule has 0 aliphatic heterocycles. The first-order chi connectivity index (χ1) is 11.0. The zero-order valence-electron chi connectivity index (χ0n) is 13.1. The SMILES string of the molecule is CC(c1nc2ccccc2c(=O)[nH]1)N(C)Cc1cccc(F)c1. The van der Waals surface area contributed by atoms with Gasteiger partial charge in [0.05, 0.1) is 16.9 Å². The molecule has 0 aliphatic rings. The summed E-state index contributed by atoms with van der Waals surface area (Å²) in [7, 11) is 1.92. The molecule has 118 valence electrons. The van der Waals surface area contributed by atoms with Crippen LogP contribution in [0.1, 0.15) is 24.4 Å². The van der Waals surface area contributed by atoms with Crippen molar-refractivity contribution in [3.63, 3.8) is 0 Å². The Morgan fingerprint density at radius 1 is 1.22 bits per heavy atom. The van der Waals surface area contributed by atoms with Crippen LogP contribution in [0.25, 0.3) is 10.9 Å². The smallest absolute Gasteiger partial charge is 0.258 e. The van der Waals surface area contributed by atoms with E-state index in [0.29, 0.717) is 23.3 Å². The summed E-state index contributed by atoms with van der Waals surface area (Å²) in [6, 6.07) is 13.7. The number of hydrogen-bond acceptors (Lipinski definition) is 3. The molecule has 5 heteroatoms. The Morgan fingerprint density at radius 3 is 2.78 bits per heavy atom. The van der Waals surface area contributed by atoms with Gasteiger partial charge in [-0.05, 0) is 43.8 Å². The van der Waals surface area contributed by atoms with Crippen molar-refractivity contribution in [1.29, 1.82) is 0 Å². The normalized spacial score (nSPS) is 12.7. The zero-order valence-corrected chi connectivity index (χ0v) is 13.1. The minimum absolute atomic E-state index is 0.101.